The largest absolute Gasteiger partial charge is 0.465 e. The van der Waals surface area contributed by atoms with E-state index in [-0.39, 0.29) is 17.5 Å². The van der Waals surface area contributed by atoms with Gasteiger partial charge in [0.15, 0.2) is 0 Å². The fraction of sp³-hybridized carbons (Fsp3) is 0.360. The number of nitrogens with zero attached hydrogens (tertiary/aromatic N) is 1. The highest BCUT2D eigenvalue weighted by atomic mass is 32.2. The van der Waals surface area contributed by atoms with Crippen LogP contribution in [0.25, 0.3) is 0 Å². The molecule has 1 aliphatic carbocycles. The Kier molecular flexibility index (Phi) is 5.87. The number of rotatable bonds is 3. The fourth-order valence-corrected chi connectivity index (χ4v) is 6.09. The van der Waals surface area contributed by atoms with Crippen molar-refractivity contribution >= 4 is 33.4 Å². The summed E-state index contributed by atoms with van der Waals surface area (Å²) < 4.78 is 55.7. The van der Waals surface area contributed by atoms with Gasteiger partial charge in [0, 0.05) is 25.1 Å². The lowest BCUT2D eigenvalue weighted by Crippen LogP contribution is -2.40. The number of hydrogen-bond donors (Lipinski definition) is 3. The molecule has 1 saturated carbocycles. The van der Waals surface area contributed by atoms with Crippen LogP contribution in [-0.4, -0.2) is 43.5 Å². The molecule has 2 aromatic rings. The van der Waals surface area contributed by atoms with Crippen LogP contribution in [0, 0.1) is 29.4 Å². The minimum absolute atomic E-state index is 0.0559. The zero-order chi connectivity index (χ0) is 25.7. The summed E-state index contributed by atoms with van der Waals surface area (Å²) >= 11 is 0. The number of carbonyl (C=O) groups is 2. The predicted molar refractivity (Wildman–Crippen MR) is 127 cm³/mol. The smallest absolute Gasteiger partial charge is 0.407 e. The highest BCUT2D eigenvalue weighted by molar-refractivity contribution is 7.92. The number of carboxylic acid groups (broad SMARTS) is 1. The number of piperidine rings is 1. The van der Waals surface area contributed by atoms with E-state index < -0.39 is 38.1 Å². The Morgan fingerprint density at radius 3 is 2.50 bits per heavy atom. The molecule has 11 heteroatoms. The standard InChI is InChI=1S/C25H23F2N3O5S/c26-17-4-5-21(20(27)13-17)36(34,35)29-18-12-16(3-2-15-6-10-30(11-7-15)24(32)33)22-19(14-18)25(8-1-9-25)23(31)28-22/h4-5,12-15,29H,1,6-11H2,(H,28,31)(H,32,33). The molecule has 1 spiro atoms. The van der Waals surface area contributed by atoms with Gasteiger partial charge in [-0.1, -0.05) is 18.3 Å². The van der Waals surface area contributed by atoms with Crippen LogP contribution in [-0.2, 0) is 20.2 Å². The van der Waals surface area contributed by atoms with E-state index in [1.54, 1.807) is 6.07 Å². The molecule has 188 valence electrons. The Balaban J connectivity index is 1.50. The Morgan fingerprint density at radius 2 is 1.89 bits per heavy atom. The van der Waals surface area contributed by atoms with Crippen LogP contribution >= 0.6 is 0 Å². The average molecular weight is 516 g/mol. The van der Waals surface area contributed by atoms with E-state index >= 15 is 0 Å². The molecule has 3 aliphatic rings. The van der Waals surface area contributed by atoms with Gasteiger partial charge >= 0.3 is 6.09 Å². The summed E-state index contributed by atoms with van der Waals surface area (Å²) in [6.45, 7) is 0.741. The molecule has 0 aromatic heterocycles. The summed E-state index contributed by atoms with van der Waals surface area (Å²) in [6, 6.07) is 5.26. The van der Waals surface area contributed by atoms with Gasteiger partial charge in [-0.2, -0.15) is 0 Å². The first-order valence-corrected chi connectivity index (χ1v) is 13.0. The fourth-order valence-electron chi connectivity index (χ4n) is 4.99. The third-order valence-electron chi connectivity index (χ3n) is 7.15. The molecule has 2 heterocycles. The van der Waals surface area contributed by atoms with Crippen LogP contribution in [0.3, 0.4) is 0 Å². The summed E-state index contributed by atoms with van der Waals surface area (Å²) in [6.07, 6.45) is 2.25. The second kappa shape index (κ2) is 8.78. The van der Waals surface area contributed by atoms with E-state index in [4.69, 9.17) is 5.11 Å². The summed E-state index contributed by atoms with van der Waals surface area (Å²) in [7, 11) is -4.39. The zero-order valence-electron chi connectivity index (χ0n) is 19.1. The van der Waals surface area contributed by atoms with Gasteiger partial charge in [-0.15, -0.1) is 0 Å². The number of amides is 2. The van der Waals surface area contributed by atoms with Crippen molar-refractivity contribution in [2.24, 2.45) is 5.92 Å². The zero-order valence-corrected chi connectivity index (χ0v) is 19.9. The lowest BCUT2D eigenvalue weighted by molar-refractivity contribution is -0.123. The Labute approximate surface area is 206 Å². The number of halogens is 2. The molecule has 0 unspecified atom stereocenters. The molecule has 5 rings (SSSR count). The average Bonchev–Trinajstić information content (AvgIpc) is 3.09. The number of hydrogen-bond acceptors (Lipinski definition) is 4. The number of anilines is 2. The number of benzene rings is 2. The van der Waals surface area contributed by atoms with Crippen molar-refractivity contribution in [3.8, 4) is 11.8 Å². The van der Waals surface area contributed by atoms with Crippen LogP contribution in [0.2, 0.25) is 0 Å². The number of carbonyl (C=O) groups excluding carboxylic acids is 1. The molecule has 0 radical (unpaired) electrons. The van der Waals surface area contributed by atoms with E-state index in [2.05, 4.69) is 21.9 Å². The Bertz CT molecular complexity index is 1440. The summed E-state index contributed by atoms with van der Waals surface area (Å²) in [4.78, 5) is 24.6. The molecule has 2 fully saturated rings. The molecular formula is C25H23F2N3O5S. The lowest BCUT2D eigenvalue weighted by Gasteiger charge is -2.36. The van der Waals surface area contributed by atoms with Crippen LogP contribution in [0.4, 0.5) is 25.0 Å². The van der Waals surface area contributed by atoms with Gasteiger partial charge in [-0.05, 0) is 55.5 Å². The van der Waals surface area contributed by atoms with Crippen LogP contribution in [0.5, 0.6) is 0 Å². The topological polar surface area (TPSA) is 116 Å². The molecule has 0 bridgehead atoms. The second-order valence-corrected chi connectivity index (χ2v) is 11.0. The maximum absolute atomic E-state index is 14.2. The number of sulfonamides is 1. The van der Waals surface area contributed by atoms with Crippen LogP contribution in [0.15, 0.2) is 35.2 Å². The third kappa shape index (κ3) is 4.15. The molecule has 8 nitrogen and oxygen atoms in total. The maximum atomic E-state index is 14.2. The normalized spacial score (nSPS) is 18.6. The lowest BCUT2D eigenvalue weighted by atomic mass is 9.65. The van der Waals surface area contributed by atoms with Crippen molar-refractivity contribution in [2.75, 3.05) is 23.1 Å². The second-order valence-electron chi connectivity index (χ2n) is 9.33. The Morgan fingerprint density at radius 1 is 1.17 bits per heavy atom. The molecule has 3 N–H and O–H groups in total. The van der Waals surface area contributed by atoms with Gasteiger partial charge in [-0.3, -0.25) is 9.52 Å². The highest BCUT2D eigenvalue weighted by Gasteiger charge is 2.51. The molecule has 1 saturated heterocycles. The summed E-state index contributed by atoms with van der Waals surface area (Å²) in [5, 5.41) is 12.0. The highest BCUT2D eigenvalue weighted by Crippen LogP contribution is 2.52. The quantitative estimate of drug-likeness (QED) is 0.537. The van der Waals surface area contributed by atoms with Crippen molar-refractivity contribution < 1.29 is 31.9 Å². The molecule has 2 aromatic carbocycles. The van der Waals surface area contributed by atoms with E-state index in [9.17, 15) is 26.8 Å². The number of fused-ring (bicyclic) bond motifs is 2. The third-order valence-corrected chi connectivity index (χ3v) is 8.56. The first kappa shape index (κ1) is 24.1. The summed E-state index contributed by atoms with van der Waals surface area (Å²) in [5.41, 5.74) is 0.962. The predicted octanol–water partition coefficient (Wildman–Crippen LogP) is 3.88. The molecular weight excluding hydrogens is 492 g/mol. The maximum Gasteiger partial charge on any atom is 0.407 e. The molecule has 2 aliphatic heterocycles. The van der Waals surface area contributed by atoms with Crippen molar-refractivity contribution in [3.63, 3.8) is 0 Å². The van der Waals surface area contributed by atoms with Crippen molar-refractivity contribution in [1.29, 1.82) is 0 Å². The van der Waals surface area contributed by atoms with Crippen molar-refractivity contribution in [2.45, 2.75) is 42.4 Å². The van der Waals surface area contributed by atoms with E-state index in [0.717, 1.165) is 18.6 Å². The molecule has 36 heavy (non-hydrogen) atoms. The number of nitrogens with one attached hydrogen (secondary N) is 2. The summed E-state index contributed by atoms with van der Waals surface area (Å²) in [5.74, 6) is 3.87. The molecule has 0 atom stereocenters. The first-order valence-electron chi connectivity index (χ1n) is 11.6. The molecule has 2 amide bonds. The van der Waals surface area contributed by atoms with Gasteiger partial charge in [0.25, 0.3) is 10.0 Å². The van der Waals surface area contributed by atoms with Gasteiger partial charge in [0.1, 0.15) is 16.5 Å². The van der Waals surface area contributed by atoms with Gasteiger partial charge in [0.05, 0.1) is 22.4 Å². The minimum atomic E-state index is -4.39. The van der Waals surface area contributed by atoms with Gasteiger partial charge in [0.2, 0.25) is 5.91 Å². The van der Waals surface area contributed by atoms with Crippen LogP contribution < -0.4 is 10.0 Å². The van der Waals surface area contributed by atoms with Gasteiger partial charge < -0.3 is 15.3 Å². The first-order chi connectivity index (χ1) is 17.1. The van der Waals surface area contributed by atoms with E-state index in [1.807, 2.05) is 0 Å². The van der Waals surface area contributed by atoms with Gasteiger partial charge in [-0.25, -0.2) is 22.0 Å². The van der Waals surface area contributed by atoms with Crippen LogP contribution in [0.1, 0.15) is 43.2 Å². The SMILES string of the molecule is O=C(O)N1CCC(C#Cc2cc(NS(=O)(=O)c3ccc(F)cc3F)cc3c2NC(=O)C32CCC2)CC1. The van der Waals surface area contributed by atoms with E-state index in [1.165, 1.54) is 11.0 Å². The van der Waals surface area contributed by atoms with E-state index in [0.29, 0.717) is 61.7 Å². The van der Waals surface area contributed by atoms with Crippen molar-refractivity contribution in [1.82, 2.24) is 4.90 Å². The monoisotopic (exact) mass is 515 g/mol. The number of likely N-dealkylation sites (tertiary alicyclic amines) is 1. The Hall–Kier alpha value is -3.65. The van der Waals surface area contributed by atoms with Crippen molar-refractivity contribution in [3.05, 3.63) is 53.1 Å². The minimum Gasteiger partial charge on any atom is -0.465 e.